The van der Waals surface area contributed by atoms with Crippen LogP contribution in [0.3, 0.4) is 0 Å². The summed E-state index contributed by atoms with van der Waals surface area (Å²) in [5.41, 5.74) is 5.37. The molecule has 0 aliphatic carbocycles. The van der Waals surface area contributed by atoms with Crippen molar-refractivity contribution in [2.75, 3.05) is 20.3 Å². The molecule has 0 saturated heterocycles. The van der Waals surface area contributed by atoms with Crippen molar-refractivity contribution in [1.29, 1.82) is 0 Å². The maximum Gasteiger partial charge on any atom is 0.337 e. The van der Waals surface area contributed by atoms with Gasteiger partial charge in [0.1, 0.15) is 13.2 Å². The molecular weight excluding hydrogens is 738 g/mol. The summed E-state index contributed by atoms with van der Waals surface area (Å²) in [6.45, 7) is 3.88. The van der Waals surface area contributed by atoms with E-state index < -0.39 is 24.3 Å². The van der Waals surface area contributed by atoms with Crippen molar-refractivity contribution >= 4 is 64.0 Å². The van der Waals surface area contributed by atoms with E-state index in [0.29, 0.717) is 57.3 Å². The highest BCUT2D eigenvalue weighted by molar-refractivity contribution is 14.1. The normalized spacial score (nSPS) is 15.3. The van der Waals surface area contributed by atoms with Crippen LogP contribution in [0.5, 0.6) is 17.2 Å². The highest BCUT2D eigenvalue weighted by Crippen LogP contribution is 2.36. The first kappa shape index (κ1) is 34.2. The van der Waals surface area contributed by atoms with E-state index in [2.05, 4.69) is 43.8 Å². The molecule has 4 rings (SSSR count). The first-order chi connectivity index (χ1) is 21.6. The number of halogens is 3. The highest BCUT2D eigenvalue weighted by Gasteiger charge is 2.32. The van der Waals surface area contributed by atoms with E-state index in [0.717, 1.165) is 9.13 Å². The average molecular weight is 769 g/mol. The van der Waals surface area contributed by atoms with Crippen molar-refractivity contribution in [2.45, 2.75) is 32.7 Å². The van der Waals surface area contributed by atoms with Crippen molar-refractivity contribution < 1.29 is 33.6 Å². The fourth-order valence-corrected chi connectivity index (χ4v) is 5.32. The molecule has 0 aromatic heterocycles. The van der Waals surface area contributed by atoms with Crippen LogP contribution in [0.2, 0.25) is 10.0 Å². The molecule has 11 nitrogen and oxygen atoms in total. The van der Waals surface area contributed by atoms with Crippen LogP contribution in [-0.4, -0.2) is 49.9 Å². The maximum absolute atomic E-state index is 12.4. The number of methoxy groups -OCH3 is 1. The topological polar surface area (TPSA) is 140 Å². The Labute approximate surface area is 284 Å². The minimum Gasteiger partial charge on any atom is -0.490 e. The molecule has 0 unspecified atom stereocenters. The van der Waals surface area contributed by atoms with E-state index in [4.69, 9.17) is 42.1 Å². The minimum atomic E-state index is -1.18. The number of esters is 1. The van der Waals surface area contributed by atoms with Gasteiger partial charge in [-0.25, -0.2) is 9.59 Å². The molecule has 0 saturated carbocycles. The molecule has 3 aromatic rings. The maximum atomic E-state index is 12.4. The lowest BCUT2D eigenvalue weighted by atomic mass is 9.95. The van der Waals surface area contributed by atoms with Crippen LogP contribution in [0.25, 0.3) is 0 Å². The number of hydrazone groups is 1. The number of aliphatic hydroxyl groups is 1. The fraction of sp³-hybridized carbons (Fsp3) is 0.258. The Balaban J connectivity index is 1.37. The SMILES string of the molecule is CCOc1cc([C@H]2NC(=O)NC(C)=C2C(=O)OC)ccc1OC[C@@H](O)N/N=C\c1cc(Cl)c(OCc2ccc(I)cc2)c(Cl)c1. The minimum absolute atomic E-state index is 0.180. The van der Waals surface area contributed by atoms with Crippen molar-refractivity contribution in [3.63, 3.8) is 0 Å². The molecule has 14 heteroatoms. The summed E-state index contributed by atoms with van der Waals surface area (Å²) in [5, 5.41) is 20.4. The molecule has 4 N–H and O–H groups in total. The number of carbonyl (C=O) groups excluding carboxylic acids is 2. The van der Waals surface area contributed by atoms with Crippen molar-refractivity contribution in [2.24, 2.45) is 5.10 Å². The third kappa shape index (κ3) is 9.16. The Hall–Kier alpha value is -3.72. The zero-order chi connectivity index (χ0) is 32.5. The van der Waals surface area contributed by atoms with E-state index in [1.807, 2.05) is 24.3 Å². The Morgan fingerprint density at radius 2 is 1.80 bits per heavy atom. The lowest BCUT2D eigenvalue weighted by Crippen LogP contribution is -2.45. The number of nitrogens with one attached hydrogen (secondary N) is 3. The van der Waals surface area contributed by atoms with Gasteiger partial charge in [-0.15, -0.1) is 0 Å². The van der Waals surface area contributed by atoms with E-state index in [1.165, 1.54) is 13.3 Å². The predicted molar refractivity (Wildman–Crippen MR) is 179 cm³/mol. The summed E-state index contributed by atoms with van der Waals surface area (Å²) in [6.07, 6.45) is 0.268. The number of hydrogen-bond acceptors (Lipinski definition) is 9. The summed E-state index contributed by atoms with van der Waals surface area (Å²) in [7, 11) is 1.27. The van der Waals surface area contributed by atoms with Gasteiger partial charge >= 0.3 is 12.0 Å². The Bertz CT molecular complexity index is 1580. The smallest absolute Gasteiger partial charge is 0.337 e. The van der Waals surface area contributed by atoms with Gasteiger partial charge in [-0.2, -0.15) is 5.10 Å². The van der Waals surface area contributed by atoms with Gasteiger partial charge in [0.15, 0.2) is 23.5 Å². The molecule has 0 fully saturated rings. The summed E-state index contributed by atoms with van der Waals surface area (Å²) in [5.74, 6) is 0.478. The molecule has 1 aliphatic rings. The van der Waals surface area contributed by atoms with Crippen molar-refractivity contribution in [3.05, 3.63) is 96.2 Å². The van der Waals surface area contributed by atoms with Gasteiger partial charge in [-0.05, 0) is 89.5 Å². The lowest BCUT2D eigenvalue weighted by Gasteiger charge is -2.28. The number of amides is 2. The summed E-state index contributed by atoms with van der Waals surface area (Å²) in [6, 6.07) is 14.9. The van der Waals surface area contributed by atoms with E-state index in [1.54, 1.807) is 44.2 Å². The molecule has 1 heterocycles. The first-order valence-electron chi connectivity index (χ1n) is 13.7. The molecule has 0 radical (unpaired) electrons. The lowest BCUT2D eigenvalue weighted by molar-refractivity contribution is -0.136. The molecular formula is C31H31Cl2IN4O7. The van der Waals surface area contributed by atoms with Crippen LogP contribution in [0.4, 0.5) is 4.79 Å². The zero-order valence-corrected chi connectivity index (χ0v) is 28.2. The van der Waals surface area contributed by atoms with Crippen LogP contribution in [0, 0.1) is 3.57 Å². The Morgan fingerprint density at radius 3 is 2.47 bits per heavy atom. The number of allylic oxidation sites excluding steroid dienone is 1. The largest absolute Gasteiger partial charge is 0.490 e. The number of aliphatic hydroxyl groups excluding tert-OH is 1. The number of ether oxygens (including phenoxy) is 4. The van der Waals surface area contributed by atoms with Crippen LogP contribution >= 0.6 is 45.8 Å². The predicted octanol–water partition coefficient (Wildman–Crippen LogP) is 5.70. The van der Waals surface area contributed by atoms with Crippen LogP contribution in [0.1, 0.15) is 36.6 Å². The average Bonchev–Trinajstić information content (AvgIpc) is 3.00. The second-order valence-electron chi connectivity index (χ2n) is 9.64. The Morgan fingerprint density at radius 1 is 1.09 bits per heavy atom. The fourth-order valence-electron chi connectivity index (χ4n) is 4.35. The van der Waals surface area contributed by atoms with Crippen molar-refractivity contribution in [3.8, 4) is 17.2 Å². The molecule has 45 heavy (non-hydrogen) atoms. The number of benzene rings is 3. The van der Waals surface area contributed by atoms with E-state index in [9.17, 15) is 14.7 Å². The van der Waals surface area contributed by atoms with Gasteiger partial charge < -0.3 is 34.7 Å². The molecule has 2 atom stereocenters. The zero-order valence-electron chi connectivity index (χ0n) is 24.5. The number of rotatable bonds is 13. The number of urea groups is 1. The number of carbonyl (C=O) groups is 2. The second kappa shape index (κ2) is 16.0. The first-order valence-corrected chi connectivity index (χ1v) is 15.5. The van der Waals surface area contributed by atoms with E-state index >= 15 is 0 Å². The summed E-state index contributed by atoms with van der Waals surface area (Å²) < 4.78 is 23.4. The second-order valence-corrected chi connectivity index (χ2v) is 11.7. The van der Waals surface area contributed by atoms with Gasteiger partial charge in [0.2, 0.25) is 0 Å². The van der Waals surface area contributed by atoms with Crippen LogP contribution in [-0.2, 0) is 16.1 Å². The monoisotopic (exact) mass is 768 g/mol. The van der Waals surface area contributed by atoms with E-state index in [-0.39, 0.29) is 12.2 Å². The van der Waals surface area contributed by atoms with Gasteiger partial charge in [0.25, 0.3) is 0 Å². The molecule has 1 aliphatic heterocycles. The van der Waals surface area contributed by atoms with Crippen LogP contribution in [0.15, 0.2) is 71.0 Å². The Kier molecular flexibility index (Phi) is 12.2. The standard InChI is InChI=1S/C31H31Cl2IN4O7/c1-4-43-25-13-20(28-27(30(40)42-3)17(2)36-31(41)37-28)7-10-24(25)44-16-26(39)38-35-14-19-11-22(32)29(23(33)12-19)45-15-18-5-8-21(34)9-6-18/h5-14,26,28,38-39H,4,15-16H2,1-3H3,(H2,36,37,41)/b35-14-/t26-,28-/m1/s1. The highest BCUT2D eigenvalue weighted by atomic mass is 127. The third-order valence-corrected chi connectivity index (χ3v) is 7.71. The van der Waals surface area contributed by atoms with Gasteiger partial charge in [-0.1, -0.05) is 41.4 Å². The summed E-state index contributed by atoms with van der Waals surface area (Å²) >= 11 is 15.1. The molecule has 2 amide bonds. The van der Waals surface area contributed by atoms with Crippen LogP contribution < -0.4 is 30.3 Å². The third-order valence-electron chi connectivity index (χ3n) is 6.43. The number of nitrogens with zero attached hydrogens (tertiary/aromatic N) is 1. The molecule has 0 spiro atoms. The molecule has 238 valence electrons. The number of hydrogen-bond donors (Lipinski definition) is 4. The quantitative estimate of drug-likeness (QED) is 0.0572. The van der Waals surface area contributed by atoms with Gasteiger partial charge in [0.05, 0.1) is 41.6 Å². The molecule has 3 aromatic carbocycles. The van der Waals surface area contributed by atoms with Crippen molar-refractivity contribution in [1.82, 2.24) is 16.1 Å². The van der Waals surface area contributed by atoms with Gasteiger partial charge in [-0.3, -0.25) is 5.43 Å². The summed E-state index contributed by atoms with van der Waals surface area (Å²) in [4.78, 5) is 24.6. The molecule has 0 bridgehead atoms. The van der Waals surface area contributed by atoms with Gasteiger partial charge in [0, 0.05) is 9.27 Å².